The zero-order valence-corrected chi connectivity index (χ0v) is 25.1. The van der Waals surface area contributed by atoms with Crippen molar-refractivity contribution in [1.82, 2.24) is 0 Å². The summed E-state index contributed by atoms with van der Waals surface area (Å²) in [6.45, 7) is 16.5. The molecule has 0 aromatic rings. The van der Waals surface area contributed by atoms with Gasteiger partial charge in [-0.3, -0.25) is 14.4 Å². The third-order valence-corrected chi connectivity index (χ3v) is 13.9. The average molecular weight is 543 g/mol. The topological polar surface area (TPSA) is 101 Å². The van der Waals surface area contributed by atoms with E-state index in [-0.39, 0.29) is 33.7 Å². The smallest absolute Gasteiger partial charge is 0.317 e. The fourth-order valence-electron chi connectivity index (χ4n) is 11.4. The van der Waals surface area contributed by atoms with E-state index in [4.69, 9.17) is 9.84 Å². The standard InChI is InChI=1S/C33H50O6/c1-19-10-15-33(28(37)38)17-16-31(6)21(27(33)20(19)2)8-9-23-30(5)13-12-24(39-26(36)18-25(34)35)29(3,4)22(30)11-14-32(23,31)7/h8,19-20,22-24,27H,9-18H2,1-7H3,(H,34,35)(H,37,38)/t19-,20+,22+,23-,24+,27+,30+,31-,32-,33+/m1/s1. The molecule has 0 aromatic heterocycles. The summed E-state index contributed by atoms with van der Waals surface area (Å²) in [7, 11) is 0. The summed E-state index contributed by atoms with van der Waals surface area (Å²) in [4.78, 5) is 36.3. The number of fused-ring (bicyclic) bond motifs is 7. The molecule has 4 fully saturated rings. The van der Waals surface area contributed by atoms with Crippen molar-refractivity contribution in [3.05, 3.63) is 11.6 Å². The number of hydrogen-bond acceptors (Lipinski definition) is 4. The molecule has 0 aromatic carbocycles. The Bertz CT molecular complexity index is 1090. The minimum absolute atomic E-state index is 0.0201. The highest BCUT2D eigenvalue weighted by atomic mass is 16.5. The van der Waals surface area contributed by atoms with Crippen LogP contribution >= 0.6 is 0 Å². The van der Waals surface area contributed by atoms with Crippen LogP contribution in [0.1, 0.15) is 113 Å². The first-order valence-corrected chi connectivity index (χ1v) is 15.4. The molecule has 0 spiro atoms. The van der Waals surface area contributed by atoms with E-state index in [1.807, 2.05) is 0 Å². The molecule has 6 nitrogen and oxygen atoms in total. The second kappa shape index (κ2) is 9.08. The molecule has 5 aliphatic rings. The molecule has 6 heteroatoms. The van der Waals surface area contributed by atoms with Crippen molar-refractivity contribution in [3.8, 4) is 0 Å². The molecule has 0 unspecified atom stereocenters. The highest BCUT2D eigenvalue weighted by molar-refractivity contribution is 5.90. The molecule has 0 aliphatic heterocycles. The SMILES string of the molecule is C[C@H]1[C@H](C)CC[C@]2(C(=O)O)CC[C@]3(C)C(=CC[C@@H]4[C@@]5(C)CC[C@H](OC(=O)CC(=O)O)C(C)(C)[C@@H]5CC[C@]43C)[C@H]12. The lowest BCUT2D eigenvalue weighted by Gasteiger charge is -2.71. The molecule has 218 valence electrons. The minimum Gasteiger partial charge on any atom is -0.481 e. The van der Waals surface area contributed by atoms with Gasteiger partial charge in [-0.25, -0.2) is 0 Å². The van der Waals surface area contributed by atoms with E-state index in [9.17, 15) is 19.5 Å². The fourth-order valence-corrected chi connectivity index (χ4v) is 11.4. The molecule has 0 saturated heterocycles. The largest absolute Gasteiger partial charge is 0.481 e. The van der Waals surface area contributed by atoms with Crippen molar-refractivity contribution in [2.45, 2.75) is 119 Å². The minimum atomic E-state index is -1.15. The summed E-state index contributed by atoms with van der Waals surface area (Å²) >= 11 is 0. The van der Waals surface area contributed by atoms with Gasteiger partial charge in [-0.05, 0) is 104 Å². The van der Waals surface area contributed by atoms with Crippen molar-refractivity contribution in [2.24, 2.45) is 56.7 Å². The van der Waals surface area contributed by atoms with Crippen LogP contribution in [-0.2, 0) is 19.1 Å². The van der Waals surface area contributed by atoms with Gasteiger partial charge in [0, 0.05) is 5.41 Å². The van der Waals surface area contributed by atoms with Gasteiger partial charge < -0.3 is 14.9 Å². The van der Waals surface area contributed by atoms with Crippen LogP contribution in [0, 0.1) is 56.7 Å². The van der Waals surface area contributed by atoms with Gasteiger partial charge in [-0.15, -0.1) is 0 Å². The predicted molar refractivity (Wildman–Crippen MR) is 149 cm³/mol. The molecule has 0 amide bonds. The fraction of sp³-hybridized carbons (Fsp3) is 0.848. The Morgan fingerprint density at radius 2 is 1.59 bits per heavy atom. The zero-order chi connectivity index (χ0) is 28.8. The van der Waals surface area contributed by atoms with E-state index in [1.165, 1.54) is 5.57 Å². The Kier molecular flexibility index (Phi) is 6.67. The van der Waals surface area contributed by atoms with Crippen LogP contribution in [0.4, 0.5) is 0 Å². The summed E-state index contributed by atoms with van der Waals surface area (Å²) in [5.41, 5.74) is 0.716. The molecule has 2 N–H and O–H groups in total. The molecule has 0 bridgehead atoms. The third kappa shape index (κ3) is 3.81. The number of allylic oxidation sites excluding steroid dienone is 2. The normalized spacial score (nSPS) is 48.3. The first-order valence-electron chi connectivity index (χ1n) is 15.4. The lowest BCUT2D eigenvalue weighted by Crippen LogP contribution is -2.65. The predicted octanol–water partition coefficient (Wildman–Crippen LogP) is 7.12. The van der Waals surface area contributed by atoms with Crippen LogP contribution in [0.2, 0.25) is 0 Å². The van der Waals surface area contributed by atoms with Crippen molar-refractivity contribution >= 4 is 17.9 Å². The summed E-state index contributed by atoms with van der Waals surface area (Å²) in [6.07, 6.45) is 9.99. The molecule has 4 saturated carbocycles. The van der Waals surface area contributed by atoms with Gasteiger partial charge in [0.25, 0.3) is 0 Å². The van der Waals surface area contributed by atoms with Crippen LogP contribution in [0.25, 0.3) is 0 Å². The molecular formula is C33H50O6. The van der Waals surface area contributed by atoms with Gasteiger partial charge >= 0.3 is 17.9 Å². The summed E-state index contributed by atoms with van der Waals surface area (Å²) in [6, 6.07) is 0. The number of carbonyl (C=O) groups excluding carboxylic acids is 1. The molecule has 39 heavy (non-hydrogen) atoms. The monoisotopic (exact) mass is 542 g/mol. The van der Waals surface area contributed by atoms with Gasteiger partial charge in [0.1, 0.15) is 12.5 Å². The second-order valence-corrected chi connectivity index (χ2v) is 15.5. The van der Waals surface area contributed by atoms with Crippen molar-refractivity contribution in [1.29, 1.82) is 0 Å². The number of carbonyl (C=O) groups is 3. The molecule has 10 atom stereocenters. The van der Waals surface area contributed by atoms with Gasteiger partial charge in [-0.1, -0.05) is 60.1 Å². The number of carboxylic acids is 2. The van der Waals surface area contributed by atoms with Gasteiger partial charge in [0.15, 0.2) is 0 Å². The number of esters is 1. The number of ether oxygens (including phenoxy) is 1. The van der Waals surface area contributed by atoms with Crippen LogP contribution in [-0.4, -0.2) is 34.2 Å². The Balaban J connectivity index is 1.50. The highest BCUT2D eigenvalue weighted by Gasteiger charge is 2.69. The van der Waals surface area contributed by atoms with Gasteiger partial charge in [0.05, 0.1) is 5.41 Å². The quantitative estimate of drug-likeness (QED) is 0.223. The average Bonchev–Trinajstić information content (AvgIpc) is 2.83. The maximum Gasteiger partial charge on any atom is 0.317 e. The van der Waals surface area contributed by atoms with E-state index in [0.717, 1.165) is 57.8 Å². The molecule has 5 aliphatic carbocycles. The molecule has 0 heterocycles. The van der Waals surface area contributed by atoms with E-state index in [1.54, 1.807) is 0 Å². The lowest BCUT2D eigenvalue weighted by molar-refractivity contribution is -0.214. The number of aliphatic carboxylic acids is 2. The zero-order valence-electron chi connectivity index (χ0n) is 25.1. The summed E-state index contributed by atoms with van der Waals surface area (Å²) in [5.74, 6) is -0.522. The van der Waals surface area contributed by atoms with Gasteiger partial charge in [0.2, 0.25) is 0 Å². The highest BCUT2D eigenvalue weighted by Crippen LogP contribution is 2.75. The maximum atomic E-state index is 12.9. The number of hydrogen-bond donors (Lipinski definition) is 2. The first kappa shape index (κ1) is 28.7. The Hall–Kier alpha value is -1.85. The van der Waals surface area contributed by atoms with Crippen LogP contribution in [0.15, 0.2) is 11.6 Å². The first-order chi connectivity index (χ1) is 18.0. The second-order valence-electron chi connectivity index (χ2n) is 15.5. The number of rotatable bonds is 4. The Labute approximate surface area is 234 Å². The molecule has 0 radical (unpaired) electrons. The van der Waals surface area contributed by atoms with Crippen LogP contribution in [0.3, 0.4) is 0 Å². The lowest BCUT2D eigenvalue weighted by atomic mass is 9.33. The van der Waals surface area contributed by atoms with Crippen molar-refractivity contribution in [2.75, 3.05) is 0 Å². The van der Waals surface area contributed by atoms with E-state index >= 15 is 0 Å². The summed E-state index contributed by atoms with van der Waals surface area (Å²) < 4.78 is 5.81. The summed E-state index contributed by atoms with van der Waals surface area (Å²) in [5, 5.41) is 19.7. The van der Waals surface area contributed by atoms with E-state index < -0.39 is 29.7 Å². The van der Waals surface area contributed by atoms with Crippen LogP contribution < -0.4 is 0 Å². The van der Waals surface area contributed by atoms with Gasteiger partial charge in [-0.2, -0.15) is 0 Å². The Morgan fingerprint density at radius 3 is 2.23 bits per heavy atom. The third-order valence-electron chi connectivity index (χ3n) is 13.9. The van der Waals surface area contributed by atoms with E-state index in [0.29, 0.717) is 23.7 Å². The van der Waals surface area contributed by atoms with Crippen molar-refractivity contribution in [3.63, 3.8) is 0 Å². The number of carboxylic acid groups (broad SMARTS) is 2. The van der Waals surface area contributed by atoms with Crippen molar-refractivity contribution < 1.29 is 29.3 Å². The van der Waals surface area contributed by atoms with Crippen LogP contribution in [0.5, 0.6) is 0 Å². The molecule has 5 rings (SSSR count). The molecular weight excluding hydrogens is 492 g/mol. The van der Waals surface area contributed by atoms with E-state index in [2.05, 4.69) is 54.5 Å². The Morgan fingerprint density at radius 1 is 0.897 bits per heavy atom. The maximum absolute atomic E-state index is 12.9.